The number of benzene rings is 1. The second-order valence-electron chi connectivity index (χ2n) is 4.09. The molecule has 0 spiro atoms. The lowest BCUT2D eigenvalue weighted by Gasteiger charge is -2.05. The highest BCUT2D eigenvalue weighted by Gasteiger charge is 2.09. The Morgan fingerprint density at radius 1 is 1.26 bits per heavy atom. The fourth-order valence-electron chi connectivity index (χ4n) is 1.86. The fourth-order valence-corrected chi connectivity index (χ4v) is 1.86. The van der Waals surface area contributed by atoms with Gasteiger partial charge in [0.15, 0.2) is 5.82 Å². The number of pyridine rings is 1. The number of carbonyl (C=O) groups is 1. The third kappa shape index (κ3) is 2.18. The van der Waals surface area contributed by atoms with Gasteiger partial charge in [0.05, 0.1) is 11.9 Å². The first-order valence-electron chi connectivity index (χ1n) is 5.72. The minimum Gasteiger partial charge on any atom is -0.361 e. The number of aromatic amines is 1. The predicted molar refractivity (Wildman–Crippen MR) is 70.4 cm³/mol. The van der Waals surface area contributed by atoms with E-state index in [-0.39, 0.29) is 11.6 Å². The van der Waals surface area contributed by atoms with E-state index in [4.69, 9.17) is 0 Å². The summed E-state index contributed by atoms with van der Waals surface area (Å²) in [6.07, 6.45) is 4.28. The summed E-state index contributed by atoms with van der Waals surface area (Å²) < 4.78 is 13.4. The number of anilines is 1. The second kappa shape index (κ2) is 4.53. The number of nitrogens with zero attached hydrogens (tertiary/aromatic N) is 1. The molecule has 19 heavy (non-hydrogen) atoms. The van der Waals surface area contributed by atoms with Crippen molar-refractivity contribution < 1.29 is 9.18 Å². The molecular weight excluding hydrogens is 245 g/mol. The van der Waals surface area contributed by atoms with E-state index in [1.165, 1.54) is 12.3 Å². The lowest BCUT2D eigenvalue weighted by atomic mass is 10.1. The molecule has 0 bridgehead atoms. The molecule has 3 rings (SSSR count). The highest BCUT2D eigenvalue weighted by molar-refractivity contribution is 6.06. The van der Waals surface area contributed by atoms with Gasteiger partial charge in [-0.1, -0.05) is 6.07 Å². The number of aromatic nitrogens is 2. The zero-order chi connectivity index (χ0) is 13.2. The van der Waals surface area contributed by atoms with Gasteiger partial charge in [-0.2, -0.15) is 0 Å². The van der Waals surface area contributed by atoms with Gasteiger partial charge in [0.2, 0.25) is 0 Å². The number of H-pyrrole nitrogens is 1. The fraction of sp³-hybridized carbons (Fsp3) is 0. The quantitative estimate of drug-likeness (QED) is 0.739. The Hall–Kier alpha value is -2.69. The molecule has 0 radical (unpaired) electrons. The van der Waals surface area contributed by atoms with Crippen molar-refractivity contribution in [3.05, 3.63) is 60.3 Å². The highest BCUT2D eigenvalue weighted by Crippen LogP contribution is 2.16. The Balaban J connectivity index is 1.89. The number of halogens is 1. The van der Waals surface area contributed by atoms with Crippen molar-refractivity contribution >= 4 is 22.5 Å². The summed E-state index contributed by atoms with van der Waals surface area (Å²) in [5, 5.41) is 3.54. The first kappa shape index (κ1) is 11.4. The van der Waals surface area contributed by atoms with Crippen LogP contribution in [0.2, 0.25) is 0 Å². The van der Waals surface area contributed by atoms with Gasteiger partial charge in [-0.05, 0) is 29.7 Å². The van der Waals surface area contributed by atoms with Crippen LogP contribution in [0.1, 0.15) is 10.4 Å². The number of nitrogens with one attached hydrogen (secondary N) is 2. The SMILES string of the molecule is O=C(Nc1ccncc1F)c1ccc2cc[nH]c2c1. The molecule has 4 nitrogen and oxygen atoms in total. The normalized spacial score (nSPS) is 10.6. The van der Waals surface area contributed by atoms with Crippen LogP contribution in [0.15, 0.2) is 48.9 Å². The average molecular weight is 255 g/mol. The van der Waals surface area contributed by atoms with E-state index in [0.717, 1.165) is 17.1 Å². The lowest BCUT2D eigenvalue weighted by molar-refractivity contribution is 0.102. The van der Waals surface area contributed by atoms with Crippen molar-refractivity contribution in [2.45, 2.75) is 0 Å². The summed E-state index contributed by atoms with van der Waals surface area (Å²) in [6, 6.07) is 8.60. The molecule has 94 valence electrons. The minimum atomic E-state index is -0.559. The maximum Gasteiger partial charge on any atom is 0.255 e. The van der Waals surface area contributed by atoms with E-state index in [0.29, 0.717) is 5.56 Å². The first-order chi connectivity index (χ1) is 9.24. The zero-order valence-electron chi connectivity index (χ0n) is 9.85. The van der Waals surface area contributed by atoms with Crippen molar-refractivity contribution in [2.24, 2.45) is 0 Å². The Morgan fingerprint density at radius 2 is 2.16 bits per heavy atom. The van der Waals surface area contributed by atoms with E-state index < -0.39 is 5.82 Å². The summed E-state index contributed by atoms with van der Waals surface area (Å²) in [5.41, 5.74) is 1.44. The minimum absolute atomic E-state index is 0.117. The van der Waals surface area contributed by atoms with Crippen molar-refractivity contribution in [3.8, 4) is 0 Å². The van der Waals surface area contributed by atoms with Gasteiger partial charge in [0, 0.05) is 23.5 Å². The molecule has 3 aromatic rings. The Labute approximate surface area is 108 Å². The first-order valence-corrected chi connectivity index (χ1v) is 5.72. The van der Waals surface area contributed by atoms with E-state index in [1.54, 1.807) is 18.3 Å². The van der Waals surface area contributed by atoms with E-state index in [9.17, 15) is 9.18 Å². The number of rotatable bonds is 2. The maximum absolute atomic E-state index is 13.4. The number of hydrogen-bond donors (Lipinski definition) is 2. The molecule has 2 N–H and O–H groups in total. The molecule has 0 unspecified atom stereocenters. The molecule has 0 saturated carbocycles. The maximum atomic E-state index is 13.4. The molecule has 1 amide bonds. The summed E-state index contributed by atoms with van der Waals surface area (Å²) in [5.74, 6) is -0.918. The zero-order valence-corrected chi connectivity index (χ0v) is 9.85. The summed E-state index contributed by atoms with van der Waals surface area (Å²) in [4.78, 5) is 18.7. The van der Waals surface area contributed by atoms with Crippen LogP contribution in [0.4, 0.5) is 10.1 Å². The third-order valence-corrected chi connectivity index (χ3v) is 2.84. The van der Waals surface area contributed by atoms with Crippen LogP contribution in [0.5, 0.6) is 0 Å². The van der Waals surface area contributed by atoms with Gasteiger partial charge in [0.25, 0.3) is 5.91 Å². The van der Waals surface area contributed by atoms with Gasteiger partial charge in [-0.3, -0.25) is 9.78 Å². The lowest BCUT2D eigenvalue weighted by Crippen LogP contribution is -2.12. The van der Waals surface area contributed by atoms with E-state index in [1.807, 2.05) is 12.1 Å². The Morgan fingerprint density at radius 3 is 3.00 bits per heavy atom. The standard InChI is InChI=1S/C14H10FN3O/c15-11-8-16-5-4-12(11)18-14(19)10-2-1-9-3-6-17-13(9)7-10/h1-8,17H,(H,16,18,19). The van der Waals surface area contributed by atoms with Crippen molar-refractivity contribution in [1.29, 1.82) is 0 Å². The Bertz CT molecular complexity index is 751. The van der Waals surface area contributed by atoms with Crippen LogP contribution in [0.25, 0.3) is 10.9 Å². The van der Waals surface area contributed by atoms with Gasteiger partial charge < -0.3 is 10.3 Å². The smallest absolute Gasteiger partial charge is 0.255 e. The summed E-state index contributed by atoms with van der Waals surface area (Å²) >= 11 is 0. The van der Waals surface area contributed by atoms with E-state index in [2.05, 4.69) is 15.3 Å². The molecule has 0 aliphatic carbocycles. The average Bonchev–Trinajstić information content (AvgIpc) is 2.88. The molecule has 0 atom stereocenters. The molecule has 0 fully saturated rings. The van der Waals surface area contributed by atoms with Gasteiger partial charge in [-0.15, -0.1) is 0 Å². The topological polar surface area (TPSA) is 57.8 Å². The van der Waals surface area contributed by atoms with Crippen molar-refractivity contribution in [3.63, 3.8) is 0 Å². The van der Waals surface area contributed by atoms with Crippen LogP contribution in [-0.2, 0) is 0 Å². The highest BCUT2D eigenvalue weighted by atomic mass is 19.1. The Kier molecular flexibility index (Phi) is 2.72. The molecule has 0 aliphatic heterocycles. The van der Waals surface area contributed by atoms with Crippen molar-refractivity contribution in [1.82, 2.24) is 9.97 Å². The van der Waals surface area contributed by atoms with Crippen LogP contribution in [0, 0.1) is 5.82 Å². The number of amides is 1. The number of carbonyl (C=O) groups excluding carboxylic acids is 1. The van der Waals surface area contributed by atoms with Crippen LogP contribution in [-0.4, -0.2) is 15.9 Å². The molecule has 0 aliphatic rings. The molecule has 1 aromatic carbocycles. The molecule has 2 aromatic heterocycles. The largest absolute Gasteiger partial charge is 0.361 e. The summed E-state index contributed by atoms with van der Waals surface area (Å²) in [7, 11) is 0. The van der Waals surface area contributed by atoms with Crippen LogP contribution < -0.4 is 5.32 Å². The summed E-state index contributed by atoms with van der Waals surface area (Å²) in [6.45, 7) is 0. The monoisotopic (exact) mass is 255 g/mol. The van der Waals surface area contributed by atoms with Gasteiger partial charge >= 0.3 is 0 Å². The van der Waals surface area contributed by atoms with Crippen molar-refractivity contribution in [2.75, 3.05) is 5.32 Å². The molecule has 0 saturated heterocycles. The van der Waals surface area contributed by atoms with Crippen LogP contribution >= 0.6 is 0 Å². The molecule has 2 heterocycles. The van der Waals surface area contributed by atoms with Gasteiger partial charge in [-0.25, -0.2) is 4.39 Å². The second-order valence-corrected chi connectivity index (χ2v) is 4.09. The van der Waals surface area contributed by atoms with E-state index >= 15 is 0 Å². The predicted octanol–water partition coefficient (Wildman–Crippen LogP) is 2.95. The molecule has 5 heteroatoms. The third-order valence-electron chi connectivity index (χ3n) is 2.84. The van der Waals surface area contributed by atoms with Crippen LogP contribution in [0.3, 0.4) is 0 Å². The molecular formula is C14H10FN3O. The number of hydrogen-bond acceptors (Lipinski definition) is 2. The number of fused-ring (bicyclic) bond motifs is 1. The van der Waals surface area contributed by atoms with Gasteiger partial charge in [0.1, 0.15) is 0 Å².